The van der Waals surface area contributed by atoms with Crippen LogP contribution >= 0.6 is 15.9 Å². The molecule has 8 nitrogen and oxygen atoms in total. The highest BCUT2D eigenvalue weighted by Crippen LogP contribution is 2.17. The molecule has 0 saturated heterocycles. The van der Waals surface area contributed by atoms with E-state index in [1.54, 1.807) is 6.92 Å². The third-order valence-electron chi connectivity index (χ3n) is 2.43. The van der Waals surface area contributed by atoms with Crippen LogP contribution in [-0.2, 0) is 11.3 Å². The Morgan fingerprint density at radius 1 is 1.29 bits per heavy atom. The molecule has 0 aliphatic heterocycles. The van der Waals surface area contributed by atoms with Gasteiger partial charge in [-0.05, 0) is 36.4 Å². The highest BCUT2D eigenvalue weighted by molar-refractivity contribution is 9.10. The minimum Gasteiger partial charge on any atom is -0.338 e. The molecule has 1 aromatic heterocycles. The second kappa shape index (κ2) is 6.93. The van der Waals surface area contributed by atoms with Gasteiger partial charge in [-0.2, -0.15) is 4.80 Å². The average Bonchev–Trinajstić information content (AvgIpc) is 2.88. The lowest BCUT2D eigenvalue weighted by atomic mass is 10.2. The van der Waals surface area contributed by atoms with E-state index < -0.39 is 11.9 Å². The fourth-order valence-electron chi connectivity index (χ4n) is 1.52. The quantitative estimate of drug-likeness (QED) is 0.852. The zero-order valence-electron chi connectivity index (χ0n) is 11.2. The van der Waals surface area contributed by atoms with Gasteiger partial charge in [0.15, 0.2) is 0 Å². The molecule has 0 spiro atoms. The lowest BCUT2D eigenvalue weighted by Gasteiger charge is -2.03. The number of nitrogens with zero attached hydrogens (tertiary/aromatic N) is 4. The molecule has 0 aliphatic carbocycles. The number of carbonyl (C=O) groups is 2. The summed E-state index contributed by atoms with van der Waals surface area (Å²) in [5, 5.41) is 16.4. The van der Waals surface area contributed by atoms with E-state index in [1.807, 2.05) is 24.3 Å². The Bertz CT molecular complexity index is 639. The van der Waals surface area contributed by atoms with E-state index in [-0.39, 0.29) is 6.54 Å². The Morgan fingerprint density at radius 3 is 2.67 bits per heavy atom. The standard InChI is InChI=1S/C12H13BrN6O2/c1-2-14-12(21)15-10(20)7-19-17-11(16-18-19)8-3-5-9(13)6-4-8/h3-6H,2,7H2,1H3,(H2,14,15,20,21). The molecule has 0 radical (unpaired) electrons. The number of urea groups is 1. The molecule has 0 bridgehead atoms. The van der Waals surface area contributed by atoms with Crippen molar-refractivity contribution in [2.45, 2.75) is 13.5 Å². The molecule has 1 aromatic carbocycles. The molecule has 2 aromatic rings. The van der Waals surface area contributed by atoms with Gasteiger partial charge in [-0.1, -0.05) is 15.9 Å². The summed E-state index contributed by atoms with van der Waals surface area (Å²) in [5.74, 6) is -0.103. The third kappa shape index (κ3) is 4.35. The summed E-state index contributed by atoms with van der Waals surface area (Å²) in [6, 6.07) is 6.84. The number of tetrazole rings is 1. The molecule has 9 heteroatoms. The first kappa shape index (κ1) is 15.1. The van der Waals surface area contributed by atoms with Crippen molar-refractivity contribution in [3.05, 3.63) is 28.7 Å². The summed E-state index contributed by atoms with van der Waals surface area (Å²) < 4.78 is 0.944. The van der Waals surface area contributed by atoms with Gasteiger partial charge < -0.3 is 5.32 Å². The van der Waals surface area contributed by atoms with Gasteiger partial charge in [-0.15, -0.1) is 10.2 Å². The number of hydrogen-bond acceptors (Lipinski definition) is 5. The maximum Gasteiger partial charge on any atom is 0.321 e. The van der Waals surface area contributed by atoms with E-state index in [0.717, 1.165) is 14.8 Å². The number of nitrogens with one attached hydrogen (secondary N) is 2. The predicted octanol–water partition coefficient (Wildman–Crippen LogP) is 0.948. The number of carbonyl (C=O) groups excluding carboxylic acids is 2. The fraction of sp³-hybridized carbons (Fsp3) is 0.250. The van der Waals surface area contributed by atoms with Crippen LogP contribution in [0, 0.1) is 0 Å². The molecule has 2 rings (SSSR count). The minimum atomic E-state index is -0.546. The predicted molar refractivity (Wildman–Crippen MR) is 78.2 cm³/mol. The maximum absolute atomic E-state index is 11.6. The van der Waals surface area contributed by atoms with Crippen LogP contribution in [0.1, 0.15) is 6.92 Å². The van der Waals surface area contributed by atoms with Gasteiger partial charge in [0.2, 0.25) is 5.82 Å². The van der Waals surface area contributed by atoms with E-state index >= 15 is 0 Å². The van der Waals surface area contributed by atoms with Gasteiger partial charge in [0, 0.05) is 16.6 Å². The normalized spacial score (nSPS) is 10.2. The zero-order chi connectivity index (χ0) is 15.2. The molecule has 0 fully saturated rings. The molecule has 110 valence electrons. The number of aromatic nitrogens is 4. The molecule has 0 atom stereocenters. The minimum absolute atomic E-state index is 0.180. The lowest BCUT2D eigenvalue weighted by molar-refractivity contribution is -0.121. The number of rotatable bonds is 4. The van der Waals surface area contributed by atoms with Gasteiger partial charge >= 0.3 is 6.03 Å². The monoisotopic (exact) mass is 352 g/mol. The van der Waals surface area contributed by atoms with Gasteiger partial charge in [0.25, 0.3) is 5.91 Å². The number of benzene rings is 1. The van der Waals surface area contributed by atoms with Crippen molar-refractivity contribution in [1.29, 1.82) is 0 Å². The van der Waals surface area contributed by atoms with Crippen LogP contribution < -0.4 is 10.6 Å². The van der Waals surface area contributed by atoms with E-state index in [4.69, 9.17) is 0 Å². The molecule has 21 heavy (non-hydrogen) atoms. The first-order valence-electron chi connectivity index (χ1n) is 6.20. The first-order chi connectivity index (χ1) is 10.1. The molecule has 1 heterocycles. The Balaban J connectivity index is 1.98. The summed E-state index contributed by atoms with van der Waals surface area (Å²) in [6.07, 6.45) is 0. The van der Waals surface area contributed by atoms with E-state index in [2.05, 4.69) is 42.0 Å². The lowest BCUT2D eigenvalue weighted by Crippen LogP contribution is -2.41. The third-order valence-corrected chi connectivity index (χ3v) is 2.96. The Kier molecular flexibility index (Phi) is 4.99. The van der Waals surface area contributed by atoms with Gasteiger partial charge in [-0.3, -0.25) is 10.1 Å². The second-order valence-electron chi connectivity index (χ2n) is 4.06. The number of imide groups is 1. The van der Waals surface area contributed by atoms with Crippen LogP contribution in [-0.4, -0.2) is 38.7 Å². The molecular weight excluding hydrogens is 340 g/mol. The smallest absolute Gasteiger partial charge is 0.321 e. The Morgan fingerprint density at radius 2 is 2.00 bits per heavy atom. The van der Waals surface area contributed by atoms with E-state index in [1.165, 1.54) is 0 Å². The molecular formula is C12H13BrN6O2. The van der Waals surface area contributed by atoms with Crippen molar-refractivity contribution in [1.82, 2.24) is 30.8 Å². The number of hydrogen-bond donors (Lipinski definition) is 2. The highest BCUT2D eigenvalue weighted by atomic mass is 79.9. The van der Waals surface area contributed by atoms with Gasteiger partial charge in [-0.25, -0.2) is 4.79 Å². The highest BCUT2D eigenvalue weighted by Gasteiger charge is 2.11. The fourth-order valence-corrected chi connectivity index (χ4v) is 1.79. The Hall–Kier alpha value is -2.29. The summed E-state index contributed by atoms with van der Waals surface area (Å²) in [6.45, 7) is 2.02. The molecule has 0 saturated carbocycles. The van der Waals surface area contributed by atoms with E-state index in [9.17, 15) is 9.59 Å². The van der Waals surface area contributed by atoms with Crippen LogP contribution in [0.25, 0.3) is 11.4 Å². The summed E-state index contributed by atoms with van der Waals surface area (Å²) >= 11 is 3.34. The van der Waals surface area contributed by atoms with Crippen LogP contribution in [0.5, 0.6) is 0 Å². The maximum atomic E-state index is 11.6. The molecule has 0 unspecified atom stereocenters. The van der Waals surface area contributed by atoms with Crippen LogP contribution in [0.4, 0.5) is 4.79 Å². The zero-order valence-corrected chi connectivity index (χ0v) is 12.8. The van der Waals surface area contributed by atoms with Crippen molar-refractivity contribution in [3.8, 4) is 11.4 Å². The van der Waals surface area contributed by atoms with Crippen molar-refractivity contribution >= 4 is 27.9 Å². The van der Waals surface area contributed by atoms with Crippen LogP contribution in [0.2, 0.25) is 0 Å². The van der Waals surface area contributed by atoms with Crippen LogP contribution in [0.3, 0.4) is 0 Å². The summed E-state index contributed by atoms with van der Waals surface area (Å²) in [5.41, 5.74) is 0.786. The summed E-state index contributed by atoms with van der Waals surface area (Å²) in [4.78, 5) is 23.9. The van der Waals surface area contributed by atoms with Gasteiger partial charge in [0.05, 0.1) is 0 Å². The SMILES string of the molecule is CCNC(=O)NC(=O)Cn1nnc(-c2ccc(Br)cc2)n1. The average molecular weight is 353 g/mol. The van der Waals surface area contributed by atoms with Crippen molar-refractivity contribution in [2.75, 3.05) is 6.54 Å². The van der Waals surface area contributed by atoms with Gasteiger partial charge in [0.1, 0.15) is 6.54 Å². The molecule has 0 aliphatic rings. The topological polar surface area (TPSA) is 102 Å². The second-order valence-corrected chi connectivity index (χ2v) is 4.97. The van der Waals surface area contributed by atoms with Crippen molar-refractivity contribution in [2.24, 2.45) is 0 Å². The molecule has 2 N–H and O–H groups in total. The Labute approximate surface area is 129 Å². The van der Waals surface area contributed by atoms with Crippen molar-refractivity contribution in [3.63, 3.8) is 0 Å². The van der Waals surface area contributed by atoms with E-state index in [0.29, 0.717) is 12.4 Å². The largest absolute Gasteiger partial charge is 0.338 e. The first-order valence-corrected chi connectivity index (χ1v) is 6.99. The molecule has 3 amide bonds. The van der Waals surface area contributed by atoms with Crippen molar-refractivity contribution < 1.29 is 9.59 Å². The summed E-state index contributed by atoms with van der Waals surface area (Å²) in [7, 11) is 0. The number of halogens is 1. The number of amides is 3. The van der Waals surface area contributed by atoms with Crippen LogP contribution in [0.15, 0.2) is 28.7 Å².